The molecule has 0 aromatic heterocycles. The standard InChI is InChI=1S/C16H30N2O2/c17-11-14-7-5-13(6-8-14)10-16(20)18-9-3-1-2-4-15(18)12-19/h13-15,19H,1-12,17H2. The molecule has 1 unspecified atom stereocenters. The zero-order valence-electron chi connectivity index (χ0n) is 12.6. The summed E-state index contributed by atoms with van der Waals surface area (Å²) < 4.78 is 0. The molecular formula is C16H30N2O2. The highest BCUT2D eigenvalue weighted by atomic mass is 16.3. The van der Waals surface area contributed by atoms with Crippen LogP contribution >= 0.6 is 0 Å². The van der Waals surface area contributed by atoms with Crippen LogP contribution in [0.3, 0.4) is 0 Å². The molecule has 0 radical (unpaired) electrons. The number of hydrogen-bond donors (Lipinski definition) is 2. The van der Waals surface area contributed by atoms with E-state index in [2.05, 4.69) is 0 Å². The van der Waals surface area contributed by atoms with Crippen molar-refractivity contribution in [3.8, 4) is 0 Å². The van der Waals surface area contributed by atoms with E-state index in [4.69, 9.17) is 5.73 Å². The molecule has 20 heavy (non-hydrogen) atoms. The lowest BCUT2D eigenvalue weighted by Gasteiger charge is -2.32. The van der Waals surface area contributed by atoms with E-state index in [-0.39, 0.29) is 18.6 Å². The van der Waals surface area contributed by atoms with Gasteiger partial charge in [0.05, 0.1) is 12.6 Å². The summed E-state index contributed by atoms with van der Waals surface area (Å²) in [7, 11) is 0. The maximum Gasteiger partial charge on any atom is 0.223 e. The Labute approximate surface area is 122 Å². The van der Waals surface area contributed by atoms with E-state index < -0.39 is 0 Å². The first-order chi connectivity index (χ1) is 9.74. The number of rotatable bonds is 4. The number of aliphatic hydroxyl groups excluding tert-OH is 1. The van der Waals surface area contributed by atoms with Gasteiger partial charge < -0.3 is 15.7 Å². The Kier molecular flexibility index (Phi) is 6.30. The van der Waals surface area contributed by atoms with Crippen LogP contribution in [0.4, 0.5) is 0 Å². The smallest absolute Gasteiger partial charge is 0.223 e. The molecule has 2 aliphatic rings. The van der Waals surface area contributed by atoms with Crippen molar-refractivity contribution in [2.75, 3.05) is 19.7 Å². The number of amides is 1. The first kappa shape index (κ1) is 15.8. The van der Waals surface area contributed by atoms with Gasteiger partial charge in [0.2, 0.25) is 5.91 Å². The second kappa shape index (κ2) is 7.99. The van der Waals surface area contributed by atoms with Gasteiger partial charge in [0.25, 0.3) is 0 Å². The van der Waals surface area contributed by atoms with Gasteiger partial charge in [-0.05, 0) is 56.9 Å². The summed E-state index contributed by atoms with van der Waals surface area (Å²) in [6, 6.07) is 0.0605. The largest absolute Gasteiger partial charge is 0.394 e. The van der Waals surface area contributed by atoms with Gasteiger partial charge in [-0.3, -0.25) is 4.79 Å². The number of carbonyl (C=O) groups excluding carboxylic acids is 1. The Morgan fingerprint density at radius 3 is 2.40 bits per heavy atom. The van der Waals surface area contributed by atoms with Gasteiger partial charge >= 0.3 is 0 Å². The predicted molar refractivity (Wildman–Crippen MR) is 80.2 cm³/mol. The fraction of sp³-hybridized carbons (Fsp3) is 0.938. The molecule has 4 heteroatoms. The van der Waals surface area contributed by atoms with Crippen LogP contribution in [0.5, 0.6) is 0 Å². The van der Waals surface area contributed by atoms with Crippen LogP contribution in [0.15, 0.2) is 0 Å². The van der Waals surface area contributed by atoms with Crippen LogP contribution < -0.4 is 5.73 Å². The van der Waals surface area contributed by atoms with E-state index >= 15 is 0 Å². The molecule has 116 valence electrons. The highest BCUT2D eigenvalue weighted by Crippen LogP contribution is 2.31. The summed E-state index contributed by atoms with van der Waals surface area (Å²) in [6.07, 6.45) is 9.68. The normalized spacial score (nSPS) is 31.9. The topological polar surface area (TPSA) is 66.6 Å². The highest BCUT2D eigenvalue weighted by Gasteiger charge is 2.28. The minimum atomic E-state index is 0.0605. The molecule has 0 aromatic carbocycles. The van der Waals surface area contributed by atoms with Crippen LogP contribution in [0, 0.1) is 11.8 Å². The molecule has 1 saturated heterocycles. The Balaban J connectivity index is 1.83. The van der Waals surface area contributed by atoms with Crippen molar-refractivity contribution in [3.63, 3.8) is 0 Å². The van der Waals surface area contributed by atoms with Gasteiger partial charge in [-0.1, -0.05) is 12.8 Å². The molecule has 0 spiro atoms. The third kappa shape index (κ3) is 4.19. The fourth-order valence-corrected chi connectivity index (χ4v) is 3.73. The lowest BCUT2D eigenvalue weighted by molar-refractivity contribution is -0.135. The van der Waals surface area contributed by atoms with E-state index in [0.29, 0.717) is 18.3 Å². The number of likely N-dealkylation sites (tertiary alicyclic amines) is 1. The zero-order valence-corrected chi connectivity index (χ0v) is 12.6. The van der Waals surface area contributed by atoms with E-state index in [1.54, 1.807) is 0 Å². The molecule has 1 atom stereocenters. The molecule has 0 aromatic rings. The molecule has 2 rings (SSSR count). The first-order valence-corrected chi connectivity index (χ1v) is 8.35. The highest BCUT2D eigenvalue weighted by molar-refractivity contribution is 5.76. The summed E-state index contributed by atoms with van der Waals surface area (Å²) in [5.41, 5.74) is 5.72. The van der Waals surface area contributed by atoms with Crippen LogP contribution in [0.2, 0.25) is 0 Å². The number of hydrogen-bond acceptors (Lipinski definition) is 3. The third-order valence-corrected chi connectivity index (χ3v) is 5.17. The summed E-state index contributed by atoms with van der Waals surface area (Å²) in [4.78, 5) is 14.5. The van der Waals surface area contributed by atoms with Crippen molar-refractivity contribution in [2.45, 2.75) is 63.8 Å². The van der Waals surface area contributed by atoms with Crippen molar-refractivity contribution < 1.29 is 9.90 Å². The molecule has 1 aliphatic carbocycles. The van der Waals surface area contributed by atoms with E-state index in [1.165, 1.54) is 19.3 Å². The van der Waals surface area contributed by atoms with Crippen LogP contribution in [-0.2, 0) is 4.79 Å². The van der Waals surface area contributed by atoms with Gasteiger partial charge in [-0.25, -0.2) is 0 Å². The Morgan fingerprint density at radius 2 is 1.75 bits per heavy atom. The third-order valence-electron chi connectivity index (χ3n) is 5.17. The van der Waals surface area contributed by atoms with Crippen LogP contribution in [0.25, 0.3) is 0 Å². The Bertz CT molecular complexity index is 301. The van der Waals surface area contributed by atoms with E-state index in [0.717, 1.165) is 45.2 Å². The molecule has 1 saturated carbocycles. The van der Waals surface area contributed by atoms with E-state index in [1.807, 2.05) is 4.90 Å². The quantitative estimate of drug-likeness (QED) is 0.827. The van der Waals surface area contributed by atoms with Gasteiger partial charge in [-0.15, -0.1) is 0 Å². The molecule has 4 nitrogen and oxygen atoms in total. The summed E-state index contributed by atoms with van der Waals surface area (Å²) in [5, 5.41) is 9.50. The molecule has 0 bridgehead atoms. The average molecular weight is 282 g/mol. The maximum atomic E-state index is 12.5. The maximum absolute atomic E-state index is 12.5. The number of nitrogens with two attached hydrogens (primary N) is 1. The molecule has 1 aliphatic heterocycles. The Morgan fingerprint density at radius 1 is 1.05 bits per heavy atom. The number of carbonyl (C=O) groups is 1. The second-order valence-electron chi connectivity index (χ2n) is 6.60. The number of aliphatic hydroxyl groups is 1. The summed E-state index contributed by atoms with van der Waals surface area (Å²) in [5.74, 6) is 1.47. The number of nitrogens with zero attached hydrogens (tertiary/aromatic N) is 1. The molecule has 1 heterocycles. The van der Waals surface area contributed by atoms with Gasteiger partial charge in [0, 0.05) is 13.0 Å². The Hall–Kier alpha value is -0.610. The SMILES string of the molecule is NCC1CCC(CC(=O)N2CCCCCC2CO)CC1. The molecule has 2 fully saturated rings. The van der Waals surface area contributed by atoms with Crippen molar-refractivity contribution in [1.82, 2.24) is 4.90 Å². The first-order valence-electron chi connectivity index (χ1n) is 8.35. The lowest BCUT2D eigenvalue weighted by atomic mass is 9.80. The fourth-order valence-electron chi connectivity index (χ4n) is 3.73. The van der Waals surface area contributed by atoms with Gasteiger partial charge in [0.1, 0.15) is 0 Å². The van der Waals surface area contributed by atoms with Crippen molar-refractivity contribution in [2.24, 2.45) is 17.6 Å². The molecular weight excluding hydrogens is 252 g/mol. The van der Waals surface area contributed by atoms with Crippen LogP contribution in [0.1, 0.15) is 57.8 Å². The van der Waals surface area contributed by atoms with Crippen molar-refractivity contribution >= 4 is 5.91 Å². The van der Waals surface area contributed by atoms with E-state index in [9.17, 15) is 9.90 Å². The summed E-state index contributed by atoms with van der Waals surface area (Å²) >= 11 is 0. The van der Waals surface area contributed by atoms with Crippen LogP contribution in [-0.4, -0.2) is 41.7 Å². The lowest BCUT2D eigenvalue weighted by Crippen LogP contribution is -2.43. The van der Waals surface area contributed by atoms with Gasteiger partial charge in [-0.2, -0.15) is 0 Å². The predicted octanol–water partition coefficient (Wildman–Crippen LogP) is 1.91. The van der Waals surface area contributed by atoms with Crippen molar-refractivity contribution in [3.05, 3.63) is 0 Å². The average Bonchev–Trinajstić information content (AvgIpc) is 2.73. The minimum Gasteiger partial charge on any atom is -0.394 e. The summed E-state index contributed by atoms with van der Waals surface area (Å²) in [6.45, 7) is 1.74. The monoisotopic (exact) mass is 282 g/mol. The zero-order chi connectivity index (χ0) is 14.4. The van der Waals surface area contributed by atoms with Crippen molar-refractivity contribution in [1.29, 1.82) is 0 Å². The minimum absolute atomic E-state index is 0.0605. The molecule has 3 N–H and O–H groups in total. The molecule has 1 amide bonds. The van der Waals surface area contributed by atoms with Gasteiger partial charge in [0.15, 0.2) is 0 Å². The second-order valence-corrected chi connectivity index (χ2v) is 6.60.